The van der Waals surface area contributed by atoms with Gasteiger partial charge in [-0.15, -0.1) is 11.8 Å². The first-order valence-electron chi connectivity index (χ1n) is 4.98. The van der Waals surface area contributed by atoms with Gasteiger partial charge in [0, 0.05) is 12.3 Å². The van der Waals surface area contributed by atoms with Crippen LogP contribution in [0, 0.1) is 0 Å². The van der Waals surface area contributed by atoms with Gasteiger partial charge in [0.1, 0.15) is 0 Å². The van der Waals surface area contributed by atoms with Crippen molar-refractivity contribution in [1.29, 1.82) is 0 Å². The van der Waals surface area contributed by atoms with E-state index in [2.05, 4.69) is 0 Å². The van der Waals surface area contributed by atoms with Gasteiger partial charge in [-0.05, 0) is 12.1 Å². The van der Waals surface area contributed by atoms with Crippen LogP contribution in [0.3, 0.4) is 0 Å². The zero-order valence-electron chi connectivity index (χ0n) is 8.68. The number of rotatable bonds is 4. The lowest BCUT2D eigenvalue weighted by atomic mass is 10.1. The van der Waals surface area contributed by atoms with Crippen molar-refractivity contribution in [2.24, 2.45) is 5.73 Å². The summed E-state index contributed by atoms with van der Waals surface area (Å²) in [4.78, 5) is 25.0. The fraction of sp³-hybridized carbons (Fsp3) is 0.273. The van der Waals surface area contributed by atoms with Gasteiger partial charge in [-0.1, -0.05) is 12.1 Å². The smallest absolute Gasteiger partial charge is 0.262 e. The van der Waals surface area contributed by atoms with Gasteiger partial charge >= 0.3 is 0 Å². The molecule has 16 heavy (non-hydrogen) atoms. The van der Waals surface area contributed by atoms with Gasteiger partial charge in [0.25, 0.3) is 11.8 Å². The average molecular weight is 236 g/mol. The molecule has 0 atom stereocenters. The van der Waals surface area contributed by atoms with Crippen LogP contribution in [0.15, 0.2) is 24.3 Å². The zero-order chi connectivity index (χ0) is 11.5. The third kappa shape index (κ3) is 1.83. The number of thioether (sulfide) groups is 1. The molecule has 2 N–H and O–H groups in total. The van der Waals surface area contributed by atoms with Gasteiger partial charge in [0.05, 0.1) is 17.0 Å². The molecule has 0 radical (unpaired) electrons. The Hall–Kier alpha value is -1.33. The van der Waals surface area contributed by atoms with Crippen LogP contribution in [0.25, 0.3) is 0 Å². The maximum atomic E-state index is 11.9. The summed E-state index contributed by atoms with van der Waals surface area (Å²) in [5.41, 5.74) is 6.36. The van der Waals surface area contributed by atoms with E-state index in [0.29, 0.717) is 23.5 Å². The molecule has 0 saturated carbocycles. The molecule has 0 aromatic heterocycles. The van der Waals surface area contributed by atoms with Crippen molar-refractivity contribution in [3.63, 3.8) is 0 Å². The molecule has 0 bridgehead atoms. The second-order valence-corrected chi connectivity index (χ2v) is 4.48. The highest BCUT2D eigenvalue weighted by molar-refractivity contribution is 7.99. The summed E-state index contributed by atoms with van der Waals surface area (Å²) in [5.74, 6) is 0.715. The monoisotopic (exact) mass is 236 g/mol. The molecule has 0 spiro atoms. The first kappa shape index (κ1) is 11.2. The molecule has 0 saturated heterocycles. The zero-order valence-corrected chi connectivity index (χ0v) is 9.50. The maximum Gasteiger partial charge on any atom is 0.262 e. The molecule has 2 amide bonds. The summed E-state index contributed by atoms with van der Waals surface area (Å²) in [7, 11) is 0. The number of fused-ring (bicyclic) bond motifs is 1. The van der Waals surface area contributed by atoms with Crippen LogP contribution < -0.4 is 5.73 Å². The summed E-state index contributed by atoms with van der Waals surface area (Å²) >= 11 is 1.49. The first-order chi connectivity index (χ1) is 7.75. The van der Waals surface area contributed by atoms with Crippen LogP contribution >= 0.6 is 11.8 Å². The average Bonchev–Trinajstić information content (AvgIpc) is 2.55. The minimum absolute atomic E-state index is 0.204. The second-order valence-electron chi connectivity index (χ2n) is 3.41. The Bertz CT molecular complexity index is 399. The SMILES string of the molecule is NCCSCN1C(=O)c2ccccc2C1=O. The molecule has 1 aromatic rings. The Morgan fingerprint density at radius 3 is 2.19 bits per heavy atom. The number of nitrogens with zero attached hydrogens (tertiary/aromatic N) is 1. The molecule has 1 aromatic carbocycles. The minimum atomic E-state index is -0.204. The summed E-state index contributed by atoms with van der Waals surface area (Å²) < 4.78 is 0. The van der Waals surface area contributed by atoms with Crippen molar-refractivity contribution in [3.8, 4) is 0 Å². The molecule has 0 fully saturated rings. The van der Waals surface area contributed by atoms with Crippen molar-refractivity contribution in [2.45, 2.75) is 0 Å². The minimum Gasteiger partial charge on any atom is -0.330 e. The number of carbonyl (C=O) groups excluding carboxylic acids is 2. The Labute approximate surface area is 97.8 Å². The van der Waals surface area contributed by atoms with Crippen molar-refractivity contribution in [2.75, 3.05) is 18.2 Å². The largest absolute Gasteiger partial charge is 0.330 e. The number of benzene rings is 1. The van der Waals surface area contributed by atoms with Crippen LogP contribution in [0.4, 0.5) is 0 Å². The number of hydrogen-bond donors (Lipinski definition) is 1. The summed E-state index contributed by atoms with van der Waals surface area (Å²) in [6.45, 7) is 0.549. The third-order valence-electron chi connectivity index (χ3n) is 2.36. The number of amides is 2. The topological polar surface area (TPSA) is 63.4 Å². The summed E-state index contributed by atoms with van der Waals surface area (Å²) in [6.07, 6.45) is 0. The number of hydrogen-bond acceptors (Lipinski definition) is 4. The van der Waals surface area contributed by atoms with E-state index >= 15 is 0 Å². The second kappa shape index (κ2) is 4.67. The maximum absolute atomic E-state index is 11.9. The molecular weight excluding hydrogens is 224 g/mol. The van der Waals surface area contributed by atoms with Gasteiger partial charge in [-0.25, -0.2) is 0 Å². The van der Waals surface area contributed by atoms with E-state index in [0.717, 1.165) is 5.75 Å². The van der Waals surface area contributed by atoms with E-state index < -0.39 is 0 Å². The van der Waals surface area contributed by atoms with Crippen LogP contribution in [0.1, 0.15) is 20.7 Å². The molecule has 5 heteroatoms. The molecule has 1 aliphatic rings. The first-order valence-corrected chi connectivity index (χ1v) is 6.14. The molecule has 1 aliphatic heterocycles. The van der Waals surface area contributed by atoms with E-state index in [1.807, 2.05) is 0 Å². The third-order valence-corrected chi connectivity index (χ3v) is 3.33. The molecule has 0 unspecified atom stereocenters. The lowest BCUT2D eigenvalue weighted by Crippen LogP contribution is -2.29. The van der Waals surface area contributed by atoms with Gasteiger partial charge in [0.2, 0.25) is 0 Å². The lowest BCUT2D eigenvalue weighted by molar-refractivity contribution is 0.0684. The molecular formula is C11H12N2O2S. The summed E-state index contributed by atoms with van der Waals surface area (Å²) in [6, 6.07) is 6.90. The number of imide groups is 1. The van der Waals surface area contributed by atoms with Crippen molar-refractivity contribution in [3.05, 3.63) is 35.4 Å². The molecule has 4 nitrogen and oxygen atoms in total. The van der Waals surface area contributed by atoms with Crippen LogP contribution in [-0.2, 0) is 0 Å². The molecule has 1 heterocycles. The van der Waals surface area contributed by atoms with Crippen molar-refractivity contribution in [1.82, 2.24) is 4.90 Å². The van der Waals surface area contributed by atoms with Crippen LogP contribution in [-0.4, -0.2) is 34.9 Å². The van der Waals surface area contributed by atoms with Gasteiger partial charge in [0.15, 0.2) is 0 Å². The fourth-order valence-electron chi connectivity index (χ4n) is 1.60. The van der Waals surface area contributed by atoms with Crippen molar-refractivity contribution < 1.29 is 9.59 Å². The lowest BCUT2D eigenvalue weighted by Gasteiger charge is -2.12. The molecule has 84 valence electrons. The quantitative estimate of drug-likeness (QED) is 0.624. The van der Waals surface area contributed by atoms with E-state index in [1.165, 1.54) is 16.7 Å². The standard InChI is InChI=1S/C11H12N2O2S/c12-5-6-16-7-13-10(14)8-3-1-2-4-9(8)11(13)15/h1-4H,5-7,12H2. The van der Waals surface area contributed by atoms with Crippen molar-refractivity contribution >= 4 is 23.6 Å². The molecule has 2 rings (SSSR count). The number of nitrogens with two attached hydrogens (primary N) is 1. The van der Waals surface area contributed by atoms with Gasteiger partial charge < -0.3 is 5.73 Å². The predicted molar refractivity (Wildman–Crippen MR) is 63.3 cm³/mol. The van der Waals surface area contributed by atoms with E-state index in [4.69, 9.17) is 5.73 Å². The Balaban J connectivity index is 2.15. The predicted octanol–water partition coefficient (Wildman–Crippen LogP) is 0.932. The van der Waals surface area contributed by atoms with Gasteiger partial charge in [-0.3, -0.25) is 14.5 Å². The Morgan fingerprint density at radius 1 is 1.12 bits per heavy atom. The van der Waals surface area contributed by atoms with Gasteiger partial charge in [-0.2, -0.15) is 0 Å². The normalized spacial score (nSPS) is 14.4. The Morgan fingerprint density at radius 2 is 1.69 bits per heavy atom. The van der Waals surface area contributed by atoms with Crippen LogP contribution in [0.5, 0.6) is 0 Å². The van der Waals surface area contributed by atoms with E-state index in [9.17, 15) is 9.59 Å². The van der Waals surface area contributed by atoms with E-state index in [1.54, 1.807) is 24.3 Å². The van der Waals surface area contributed by atoms with E-state index in [-0.39, 0.29) is 11.8 Å². The number of carbonyl (C=O) groups is 2. The highest BCUT2D eigenvalue weighted by Gasteiger charge is 2.34. The Kier molecular flexibility index (Phi) is 3.26. The fourth-order valence-corrected chi connectivity index (χ4v) is 2.31. The molecule has 0 aliphatic carbocycles. The highest BCUT2D eigenvalue weighted by Crippen LogP contribution is 2.23. The van der Waals surface area contributed by atoms with Crippen LogP contribution in [0.2, 0.25) is 0 Å². The highest BCUT2D eigenvalue weighted by atomic mass is 32.2. The summed E-state index contributed by atoms with van der Waals surface area (Å²) in [5, 5.41) is 0.